The van der Waals surface area contributed by atoms with Gasteiger partial charge in [0.15, 0.2) is 5.82 Å². The molecule has 0 bridgehead atoms. The Balaban J connectivity index is 1.45. The van der Waals surface area contributed by atoms with Gasteiger partial charge in [0.05, 0.1) is 13.2 Å². The number of anilines is 3. The summed E-state index contributed by atoms with van der Waals surface area (Å²) in [6.07, 6.45) is 5.15. The van der Waals surface area contributed by atoms with Crippen LogP contribution in [-0.4, -0.2) is 72.0 Å². The largest absolute Gasteiger partial charge is 0.378 e. The highest BCUT2D eigenvalue weighted by atomic mass is 16.5. The molecule has 0 saturated carbocycles. The van der Waals surface area contributed by atoms with Gasteiger partial charge in [0.25, 0.3) is 5.56 Å². The van der Waals surface area contributed by atoms with Crippen LogP contribution in [0.5, 0.6) is 0 Å². The number of aromatic nitrogens is 4. The minimum absolute atomic E-state index is 0.0634. The average Bonchev–Trinajstić information content (AvgIpc) is 2.71. The molecule has 9 nitrogen and oxygen atoms in total. The van der Waals surface area contributed by atoms with Gasteiger partial charge in [-0.2, -0.15) is 4.98 Å². The summed E-state index contributed by atoms with van der Waals surface area (Å²) in [5.41, 5.74) is -0.0634. The number of hydrogen-bond donors (Lipinski definition) is 0. The summed E-state index contributed by atoms with van der Waals surface area (Å²) in [4.78, 5) is 32.1. The average molecular weight is 357 g/mol. The minimum Gasteiger partial charge on any atom is -0.378 e. The first-order chi connectivity index (χ1) is 12.7. The highest BCUT2D eigenvalue weighted by Gasteiger charge is 2.23. The van der Waals surface area contributed by atoms with E-state index < -0.39 is 0 Å². The van der Waals surface area contributed by atoms with E-state index in [2.05, 4.69) is 19.8 Å². The zero-order valence-corrected chi connectivity index (χ0v) is 14.9. The summed E-state index contributed by atoms with van der Waals surface area (Å²) in [6.45, 7) is 6.13. The first-order valence-corrected chi connectivity index (χ1v) is 8.89. The van der Waals surface area contributed by atoms with E-state index in [9.17, 15) is 4.79 Å². The van der Waals surface area contributed by atoms with Gasteiger partial charge in [-0.05, 0) is 6.07 Å². The molecule has 2 aliphatic heterocycles. The second-order valence-corrected chi connectivity index (χ2v) is 6.46. The molecule has 0 N–H and O–H groups in total. The van der Waals surface area contributed by atoms with E-state index in [-0.39, 0.29) is 5.56 Å². The molecule has 26 heavy (non-hydrogen) atoms. The molecule has 0 atom stereocenters. The van der Waals surface area contributed by atoms with E-state index in [0.29, 0.717) is 5.82 Å². The SMILES string of the molecule is Cn1ccnc(N2CCN(c3nccc(N4CCOCC4)n3)CC2)c1=O. The van der Waals surface area contributed by atoms with Gasteiger partial charge in [-0.25, -0.2) is 9.97 Å². The van der Waals surface area contributed by atoms with Gasteiger partial charge in [-0.15, -0.1) is 0 Å². The van der Waals surface area contributed by atoms with Crippen LogP contribution in [0.2, 0.25) is 0 Å². The van der Waals surface area contributed by atoms with E-state index in [0.717, 1.165) is 64.2 Å². The lowest BCUT2D eigenvalue weighted by molar-refractivity contribution is 0.122. The number of nitrogens with zero attached hydrogens (tertiary/aromatic N) is 7. The van der Waals surface area contributed by atoms with Crippen molar-refractivity contribution in [2.24, 2.45) is 7.05 Å². The van der Waals surface area contributed by atoms with Crippen LogP contribution >= 0.6 is 0 Å². The Morgan fingerprint density at radius 2 is 1.65 bits per heavy atom. The summed E-state index contributed by atoms with van der Waals surface area (Å²) in [7, 11) is 1.74. The molecular weight excluding hydrogens is 334 g/mol. The molecule has 138 valence electrons. The van der Waals surface area contributed by atoms with Crippen molar-refractivity contribution in [2.75, 3.05) is 67.2 Å². The van der Waals surface area contributed by atoms with Gasteiger partial charge in [0, 0.05) is 64.9 Å². The Morgan fingerprint density at radius 1 is 0.923 bits per heavy atom. The van der Waals surface area contributed by atoms with E-state index in [1.807, 2.05) is 17.2 Å². The normalized spacial score (nSPS) is 18.3. The molecule has 0 aliphatic carbocycles. The van der Waals surface area contributed by atoms with Gasteiger partial charge in [-0.1, -0.05) is 0 Å². The summed E-state index contributed by atoms with van der Waals surface area (Å²) < 4.78 is 6.96. The third-order valence-electron chi connectivity index (χ3n) is 4.82. The summed E-state index contributed by atoms with van der Waals surface area (Å²) >= 11 is 0. The van der Waals surface area contributed by atoms with Gasteiger partial charge < -0.3 is 24.0 Å². The van der Waals surface area contributed by atoms with Crippen molar-refractivity contribution >= 4 is 17.6 Å². The van der Waals surface area contributed by atoms with E-state index in [4.69, 9.17) is 9.72 Å². The molecule has 0 unspecified atom stereocenters. The third kappa shape index (κ3) is 3.34. The molecule has 2 aliphatic rings. The molecule has 2 saturated heterocycles. The zero-order valence-electron chi connectivity index (χ0n) is 14.9. The van der Waals surface area contributed by atoms with Crippen LogP contribution in [0.3, 0.4) is 0 Å². The van der Waals surface area contributed by atoms with E-state index >= 15 is 0 Å². The molecule has 0 amide bonds. The van der Waals surface area contributed by atoms with E-state index in [1.54, 1.807) is 24.0 Å². The van der Waals surface area contributed by atoms with Crippen LogP contribution in [0.15, 0.2) is 29.5 Å². The molecule has 4 heterocycles. The summed E-state index contributed by atoms with van der Waals surface area (Å²) in [5.74, 6) is 2.19. The van der Waals surface area contributed by atoms with Crippen molar-refractivity contribution in [1.29, 1.82) is 0 Å². The third-order valence-corrected chi connectivity index (χ3v) is 4.82. The van der Waals surface area contributed by atoms with Crippen molar-refractivity contribution in [3.8, 4) is 0 Å². The second kappa shape index (κ2) is 7.28. The summed E-state index contributed by atoms with van der Waals surface area (Å²) in [6, 6.07) is 1.95. The fourth-order valence-corrected chi connectivity index (χ4v) is 3.28. The summed E-state index contributed by atoms with van der Waals surface area (Å²) in [5, 5.41) is 0. The molecule has 0 spiro atoms. The molecule has 0 radical (unpaired) electrons. The molecule has 2 fully saturated rings. The number of hydrogen-bond acceptors (Lipinski definition) is 8. The number of rotatable bonds is 3. The van der Waals surface area contributed by atoms with Gasteiger partial charge in [0.1, 0.15) is 5.82 Å². The van der Waals surface area contributed by atoms with Crippen molar-refractivity contribution in [2.45, 2.75) is 0 Å². The lowest BCUT2D eigenvalue weighted by Gasteiger charge is -2.35. The Morgan fingerprint density at radius 3 is 2.42 bits per heavy atom. The lowest BCUT2D eigenvalue weighted by Crippen LogP contribution is -2.49. The van der Waals surface area contributed by atoms with Crippen molar-refractivity contribution in [3.63, 3.8) is 0 Å². The quantitative estimate of drug-likeness (QED) is 0.743. The highest BCUT2D eigenvalue weighted by Crippen LogP contribution is 2.18. The van der Waals surface area contributed by atoms with Crippen LogP contribution < -0.4 is 20.3 Å². The number of aryl methyl sites for hydroxylation is 1. The predicted molar refractivity (Wildman–Crippen MR) is 99.0 cm³/mol. The second-order valence-electron chi connectivity index (χ2n) is 6.46. The van der Waals surface area contributed by atoms with Crippen LogP contribution in [0, 0.1) is 0 Å². The van der Waals surface area contributed by atoms with Gasteiger partial charge in [-0.3, -0.25) is 4.79 Å². The number of ether oxygens (including phenoxy) is 1. The number of morpholine rings is 1. The van der Waals surface area contributed by atoms with Crippen molar-refractivity contribution in [1.82, 2.24) is 19.5 Å². The maximum absolute atomic E-state index is 12.2. The van der Waals surface area contributed by atoms with Gasteiger partial charge >= 0.3 is 0 Å². The minimum atomic E-state index is -0.0634. The zero-order chi connectivity index (χ0) is 17.9. The monoisotopic (exact) mass is 357 g/mol. The maximum Gasteiger partial charge on any atom is 0.293 e. The Bertz CT molecular complexity index is 811. The topological polar surface area (TPSA) is 79.6 Å². The van der Waals surface area contributed by atoms with Crippen LogP contribution in [0.25, 0.3) is 0 Å². The Hall–Kier alpha value is -2.68. The Labute approximate surface area is 151 Å². The smallest absolute Gasteiger partial charge is 0.293 e. The van der Waals surface area contributed by atoms with Crippen LogP contribution in [0.4, 0.5) is 17.6 Å². The van der Waals surface area contributed by atoms with Crippen molar-refractivity contribution < 1.29 is 4.74 Å². The molecule has 2 aromatic heterocycles. The first kappa shape index (κ1) is 16.8. The number of piperazine rings is 1. The first-order valence-electron chi connectivity index (χ1n) is 8.89. The lowest BCUT2D eigenvalue weighted by atomic mass is 10.3. The molecule has 9 heteroatoms. The molecular formula is C17H23N7O2. The standard InChI is InChI=1S/C17H23N7O2/c1-21-5-4-18-15(16(21)25)23-6-8-24(9-7-23)17-19-3-2-14(20-17)22-10-12-26-13-11-22/h2-5H,6-13H2,1H3. The van der Waals surface area contributed by atoms with Crippen LogP contribution in [0.1, 0.15) is 0 Å². The highest BCUT2D eigenvalue weighted by molar-refractivity contribution is 5.46. The Kier molecular flexibility index (Phi) is 4.70. The molecule has 2 aromatic rings. The fourth-order valence-electron chi connectivity index (χ4n) is 3.28. The van der Waals surface area contributed by atoms with E-state index in [1.165, 1.54) is 0 Å². The van der Waals surface area contributed by atoms with Gasteiger partial charge in [0.2, 0.25) is 5.95 Å². The van der Waals surface area contributed by atoms with Crippen LogP contribution in [-0.2, 0) is 11.8 Å². The predicted octanol–water partition coefficient (Wildman–Crippen LogP) is -0.266. The fraction of sp³-hybridized carbons (Fsp3) is 0.529. The van der Waals surface area contributed by atoms with Crippen molar-refractivity contribution in [3.05, 3.63) is 35.0 Å². The maximum atomic E-state index is 12.2. The molecule has 4 rings (SSSR count). The molecule has 0 aromatic carbocycles.